The minimum absolute atomic E-state index is 0.00713. The maximum atomic E-state index is 13.4. The molecule has 1 saturated heterocycles. The van der Waals surface area contributed by atoms with Gasteiger partial charge in [-0.3, -0.25) is 14.3 Å². The lowest BCUT2D eigenvalue weighted by molar-refractivity contribution is -0.131. The Morgan fingerprint density at radius 3 is 2.60 bits per heavy atom. The Morgan fingerprint density at radius 2 is 1.77 bits per heavy atom. The predicted octanol–water partition coefficient (Wildman–Crippen LogP) is 1.73. The van der Waals surface area contributed by atoms with E-state index in [1.54, 1.807) is 16.9 Å². The first-order valence-electron chi connectivity index (χ1n) is 12.0. The minimum Gasteiger partial charge on any atom is -0.338 e. The van der Waals surface area contributed by atoms with E-state index in [4.69, 9.17) is 5.10 Å². The second-order valence-electron chi connectivity index (χ2n) is 9.13. The van der Waals surface area contributed by atoms with E-state index in [2.05, 4.69) is 27.2 Å². The van der Waals surface area contributed by atoms with Crippen molar-refractivity contribution in [2.45, 2.75) is 38.8 Å². The van der Waals surface area contributed by atoms with Crippen molar-refractivity contribution >= 4 is 17.6 Å². The summed E-state index contributed by atoms with van der Waals surface area (Å²) < 4.78 is 3.52. The number of likely N-dealkylation sites (tertiary alicyclic amines) is 1. The van der Waals surface area contributed by atoms with Crippen molar-refractivity contribution < 1.29 is 9.59 Å². The molecule has 2 amide bonds. The summed E-state index contributed by atoms with van der Waals surface area (Å²) in [5, 5.41) is 8.90. The van der Waals surface area contributed by atoms with Crippen LogP contribution < -0.4 is 0 Å². The van der Waals surface area contributed by atoms with Crippen molar-refractivity contribution in [2.75, 3.05) is 19.6 Å². The summed E-state index contributed by atoms with van der Waals surface area (Å²) in [5.41, 5.74) is 4.31. The van der Waals surface area contributed by atoms with Gasteiger partial charge >= 0.3 is 0 Å². The molecule has 0 N–H and O–H groups in total. The number of fused-ring (bicyclic) bond motifs is 2. The molecule has 1 aromatic carbocycles. The number of nitrogens with zero attached hydrogens (tertiary/aromatic N) is 8. The lowest BCUT2D eigenvalue weighted by Gasteiger charge is -2.28. The zero-order valence-corrected chi connectivity index (χ0v) is 19.4. The van der Waals surface area contributed by atoms with Crippen molar-refractivity contribution in [2.24, 2.45) is 0 Å². The van der Waals surface area contributed by atoms with E-state index in [1.165, 1.54) is 6.33 Å². The largest absolute Gasteiger partial charge is 0.338 e. The smallest absolute Gasteiger partial charge is 0.274 e. The number of hydrogen-bond acceptors (Lipinski definition) is 6. The van der Waals surface area contributed by atoms with Gasteiger partial charge in [0.2, 0.25) is 5.91 Å². The highest BCUT2D eigenvalue weighted by atomic mass is 16.2. The number of aromatic nitrogens is 6. The monoisotopic (exact) mass is 470 g/mol. The van der Waals surface area contributed by atoms with Crippen LogP contribution in [0.25, 0.3) is 5.78 Å². The Labute approximate surface area is 202 Å². The Morgan fingerprint density at radius 1 is 0.943 bits per heavy atom. The fourth-order valence-electron chi connectivity index (χ4n) is 4.97. The lowest BCUT2D eigenvalue weighted by Crippen LogP contribution is -2.38. The normalized spacial score (nSPS) is 15.5. The van der Waals surface area contributed by atoms with Crippen molar-refractivity contribution in [3.8, 4) is 0 Å². The zero-order chi connectivity index (χ0) is 23.8. The number of rotatable bonds is 5. The minimum atomic E-state index is -0.0271. The highest BCUT2D eigenvalue weighted by Crippen LogP contribution is 2.26. The molecule has 10 nitrogen and oxygen atoms in total. The third kappa shape index (κ3) is 4.16. The summed E-state index contributed by atoms with van der Waals surface area (Å²) in [6, 6.07) is 10.1. The number of benzene rings is 1. The van der Waals surface area contributed by atoms with Crippen molar-refractivity contribution in [3.05, 3.63) is 77.1 Å². The van der Waals surface area contributed by atoms with Crippen molar-refractivity contribution in [1.29, 1.82) is 0 Å². The van der Waals surface area contributed by atoms with Gasteiger partial charge < -0.3 is 9.80 Å². The van der Waals surface area contributed by atoms with Gasteiger partial charge in [0.15, 0.2) is 5.69 Å². The Kier molecular flexibility index (Phi) is 5.48. The molecule has 0 radical (unpaired) electrons. The van der Waals surface area contributed by atoms with Gasteiger partial charge in [0.05, 0.1) is 13.0 Å². The first-order chi connectivity index (χ1) is 17.2. The van der Waals surface area contributed by atoms with E-state index in [9.17, 15) is 9.59 Å². The van der Waals surface area contributed by atoms with Gasteiger partial charge in [-0.05, 0) is 24.0 Å². The first-order valence-corrected chi connectivity index (χ1v) is 12.0. The van der Waals surface area contributed by atoms with Crippen LogP contribution >= 0.6 is 0 Å². The fourth-order valence-corrected chi connectivity index (χ4v) is 4.97. The van der Waals surface area contributed by atoms with Crippen LogP contribution in [0.4, 0.5) is 0 Å². The molecule has 10 heteroatoms. The number of carbonyl (C=O) groups is 2. The highest BCUT2D eigenvalue weighted by molar-refractivity contribution is 5.94. The van der Waals surface area contributed by atoms with Gasteiger partial charge in [0.25, 0.3) is 11.7 Å². The Hall–Kier alpha value is -4.08. The summed E-state index contributed by atoms with van der Waals surface area (Å²) in [5.74, 6) is 0.465. The van der Waals surface area contributed by atoms with Gasteiger partial charge in [-0.1, -0.05) is 30.3 Å². The van der Waals surface area contributed by atoms with E-state index in [1.807, 2.05) is 32.7 Å². The molecule has 3 aromatic heterocycles. The van der Waals surface area contributed by atoms with Gasteiger partial charge in [0.1, 0.15) is 6.33 Å². The summed E-state index contributed by atoms with van der Waals surface area (Å²) in [7, 11) is 0. The summed E-state index contributed by atoms with van der Waals surface area (Å²) in [6.45, 7) is 3.10. The maximum Gasteiger partial charge on any atom is 0.274 e. The molecule has 0 spiro atoms. The molecule has 178 valence electrons. The van der Waals surface area contributed by atoms with Gasteiger partial charge in [-0.2, -0.15) is 15.2 Å². The zero-order valence-electron chi connectivity index (χ0n) is 19.4. The van der Waals surface area contributed by atoms with Crippen LogP contribution in [0.1, 0.15) is 45.7 Å². The van der Waals surface area contributed by atoms with Crippen LogP contribution in [0, 0.1) is 0 Å². The molecule has 4 aromatic rings. The Balaban J connectivity index is 1.27. The average molecular weight is 471 g/mol. The third-order valence-corrected chi connectivity index (χ3v) is 6.80. The van der Waals surface area contributed by atoms with Crippen molar-refractivity contribution in [1.82, 2.24) is 39.2 Å². The lowest BCUT2D eigenvalue weighted by atomic mass is 10.0. The molecule has 6 rings (SSSR count). The molecule has 0 bridgehead atoms. The molecule has 2 aliphatic heterocycles. The predicted molar refractivity (Wildman–Crippen MR) is 127 cm³/mol. The van der Waals surface area contributed by atoms with Gasteiger partial charge in [-0.25, -0.2) is 9.50 Å². The molecule has 0 atom stereocenters. The second-order valence-corrected chi connectivity index (χ2v) is 9.13. The summed E-state index contributed by atoms with van der Waals surface area (Å²) >= 11 is 0. The molecule has 0 aliphatic carbocycles. The summed E-state index contributed by atoms with van der Waals surface area (Å²) in [6.07, 6.45) is 7.80. The van der Waals surface area contributed by atoms with E-state index >= 15 is 0 Å². The molecule has 1 fully saturated rings. The molecule has 0 saturated carbocycles. The first kappa shape index (κ1) is 21.5. The van der Waals surface area contributed by atoms with Crippen LogP contribution in [0.3, 0.4) is 0 Å². The average Bonchev–Trinajstić information content (AvgIpc) is 3.64. The van der Waals surface area contributed by atoms with Gasteiger partial charge in [0, 0.05) is 56.3 Å². The van der Waals surface area contributed by atoms with E-state index in [-0.39, 0.29) is 18.2 Å². The molecule has 5 heterocycles. The summed E-state index contributed by atoms with van der Waals surface area (Å²) in [4.78, 5) is 38.6. The van der Waals surface area contributed by atoms with E-state index in [0.29, 0.717) is 37.5 Å². The number of amides is 2. The molecular weight excluding hydrogens is 444 g/mol. The van der Waals surface area contributed by atoms with Crippen LogP contribution in [-0.2, 0) is 30.7 Å². The number of carbonyl (C=O) groups excluding carboxylic acids is 2. The van der Waals surface area contributed by atoms with Crippen molar-refractivity contribution in [3.63, 3.8) is 0 Å². The highest BCUT2D eigenvalue weighted by Gasteiger charge is 2.32. The quantitative estimate of drug-likeness (QED) is 0.440. The molecule has 2 aliphatic rings. The van der Waals surface area contributed by atoms with Gasteiger partial charge in [-0.15, -0.1) is 0 Å². The topological polar surface area (TPSA) is 102 Å². The fraction of sp³-hybridized carbons (Fsp3) is 0.360. The standard InChI is InChI=1S/C25H26N8O2/c34-22(12-19-13-26-25-27-17-28-33(25)15-19)31-11-8-21-20(16-31)23(24(35)30-9-4-5-10-30)29-32(21)14-18-6-2-1-3-7-18/h1-3,6-7,13,15,17H,4-5,8-12,14,16H2. The van der Waals surface area contributed by atoms with Crippen LogP contribution in [0.2, 0.25) is 0 Å². The van der Waals surface area contributed by atoms with Crippen LogP contribution in [0.15, 0.2) is 49.1 Å². The van der Waals surface area contributed by atoms with Crippen LogP contribution in [0.5, 0.6) is 0 Å². The third-order valence-electron chi connectivity index (χ3n) is 6.80. The molecule has 0 unspecified atom stereocenters. The maximum absolute atomic E-state index is 13.4. The number of hydrogen-bond donors (Lipinski definition) is 0. The molecular formula is C25H26N8O2. The Bertz CT molecular complexity index is 1390. The molecule has 35 heavy (non-hydrogen) atoms. The second kappa shape index (κ2) is 8.94. The van der Waals surface area contributed by atoms with E-state index in [0.717, 1.165) is 48.3 Å². The SMILES string of the molecule is O=C(Cc1cnc2ncnn2c1)N1CCc2c(c(C(=O)N3CCCC3)nn2Cc2ccccc2)C1. The van der Waals surface area contributed by atoms with E-state index < -0.39 is 0 Å². The van der Waals surface area contributed by atoms with Crippen LogP contribution in [-0.4, -0.2) is 70.6 Å².